The second kappa shape index (κ2) is 11.2. The van der Waals surface area contributed by atoms with E-state index in [0.717, 1.165) is 75.7 Å². The Hall–Kier alpha value is -2.95. The van der Waals surface area contributed by atoms with E-state index in [4.69, 9.17) is 4.98 Å². The number of alkyl halides is 3. The lowest BCUT2D eigenvalue weighted by atomic mass is 10.1. The molecule has 1 fully saturated rings. The molecule has 0 aromatic carbocycles. The Bertz CT molecular complexity index is 1010. The molecule has 8 nitrogen and oxygen atoms in total. The standard InChI is InChI=1S/C24H31F3N6O2/c25-24(26,27)23-29-13-10-20(32-23)31-19(22(34)35)11-15-33(18-8-9-18)14-2-1-5-17-7-6-16-4-3-12-28-21(16)30-17/h6-7,10,13,18-19H,1-5,8-9,11-12,14-15H2,(H,28,30)(H,34,35)(H,29,31,32). The van der Waals surface area contributed by atoms with Crippen LogP contribution in [0.25, 0.3) is 0 Å². The molecule has 2 aliphatic rings. The highest BCUT2D eigenvalue weighted by molar-refractivity contribution is 5.76. The summed E-state index contributed by atoms with van der Waals surface area (Å²) in [6, 6.07) is 4.92. The Morgan fingerprint density at radius 2 is 2.03 bits per heavy atom. The van der Waals surface area contributed by atoms with Crippen LogP contribution in [-0.2, 0) is 23.8 Å². The van der Waals surface area contributed by atoms with Gasteiger partial charge >= 0.3 is 12.1 Å². The number of aliphatic carboxylic acids is 1. The van der Waals surface area contributed by atoms with Gasteiger partial charge in [-0.15, -0.1) is 0 Å². The number of carboxylic acids is 1. The van der Waals surface area contributed by atoms with Crippen LogP contribution in [0.5, 0.6) is 0 Å². The highest BCUT2D eigenvalue weighted by Crippen LogP contribution is 2.29. The predicted molar refractivity (Wildman–Crippen MR) is 125 cm³/mol. The Balaban J connectivity index is 1.26. The van der Waals surface area contributed by atoms with Gasteiger partial charge in [0.05, 0.1) is 0 Å². The van der Waals surface area contributed by atoms with Crippen LogP contribution in [0.4, 0.5) is 24.8 Å². The van der Waals surface area contributed by atoms with Gasteiger partial charge in [-0.2, -0.15) is 13.2 Å². The molecule has 190 valence electrons. The molecule has 4 rings (SSSR count). The molecule has 0 radical (unpaired) electrons. The van der Waals surface area contributed by atoms with Gasteiger partial charge in [0.2, 0.25) is 5.82 Å². The van der Waals surface area contributed by atoms with Crippen molar-refractivity contribution in [1.29, 1.82) is 0 Å². The molecule has 1 aliphatic carbocycles. The van der Waals surface area contributed by atoms with Gasteiger partial charge in [-0.3, -0.25) is 0 Å². The number of nitrogens with one attached hydrogen (secondary N) is 2. The number of pyridine rings is 1. The molecular weight excluding hydrogens is 461 g/mol. The first-order valence-electron chi connectivity index (χ1n) is 12.2. The van der Waals surface area contributed by atoms with Crippen LogP contribution in [0, 0.1) is 0 Å². The van der Waals surface area contributed by atoms with Crippen LogP contribution in [0.15, 0.2) is 24.4 Å². The largest absolute Gasteiger partial charge is 0.480 e. The summed E-state index contributed by atoms with van der Waals surface area (Å²) < 4.78 is 38.6. The molecule has 11 heteroatoms. The smallest absolute Gasteiger partial charge is 0.451 e. The second-order valence-corrected chi connectivity index (χ2v) is 9.15. The number of halogens is 3. The zero-order valence-corrected chi connectivity index (χ0v) is 19.5. The third-order valence-corrected chi connectivity index (χ3v) is 6.38. The van der Waals surface area contributed by atoms with Crippen molar-refractivity contribution in [3.8, 4) is 0 Å². The van der Waals surface area contributed by atoms with E-state index in [0.29, 0.717) is 12.6 Å². The molecule has 0 saturated heterocycles. The molecular formula is C24H31F3N6O2. The number of aromatic nitrogens is 3. The third-order valence-electron chi connectivity index (χ3n) is 6.38. The van der Waals surface area contributed by atoms with Crippen molar-refractivity contribution in [3.05, 3.63) is 41.5 Å². The number of hydrogen-bond donors (Lipinski definition) is 3. The SMILES string of the molecule is O=C(O)C(CCN(CCCCc1ccc2c(n1)NCCC2)C1CC1)Nc1ccnc(C(F)(F)F)n1. The number of fused-ring (bicyclic) bond motifs is 1. The molecule has 0 amide bonds. The fourth-order valence-electron chi connectivity index (χ4n) is 4.35. The number of rotatable bonds is 12. The molecule has 2 aromatic rings. The number of anilines is 2. The van der Waals surface area contributed by atoms with Crippen LogP contribution in [-0.4, -0.2) is 62.6 Å². The van der Waals surface area contributed by atoms with E-state index in [1.807, 2.05) is 0 Å². The molecule has 2 aromatic heterocycles. The van der Waals surface area contributed by atoms with Crippen molar-refractivity contribution >= 4 is 17.6 Å². The van der Waals surface area contributed by atoms with Crippen molar-refractivity contribution in [3.63, 3.8) is 0 Å². The van der Waals surface area contributed by atoms with E-state index in [-0.39, 0.29) is 12.2 Å². The van der Waals surface area contributed by atoms with Gasteiger partial charge in [0.25, 0.3) is 0 Å². The fraction of sp³-hybridized carbons (Fsp3) is 0.583. The van der Waals surface area contributed by atoms with Crippen molar-refractivity contribution in [2.45, 2.75) is 69.6 Å². The Kier molecular flexibility index (Phi) is 8.04. The van der Waals surface area contributed by atoms with E-state index < -0.39 is 24.0 Å². The molecule has 1 atom stereocenters. The Morgan fingerprint density at radius 1 is 1.20 bits per heavy atom. The summed E-state index contributed by atoms with van der Waals surface area (Å²) in [5.41, 5.74) is 2.35. The molecule has 1 saturated carbocycles. The van der Waals surface area contributed by atoms with Crippen molar-refractivity contribution in [2.75, 3.05) is 30.3 Å². The van der Waals surface area contributed by atoms with E-state index in [1.54, 1.807) is 0 Å². The topological polar surface area (TPSA) is 103 Å². The lowest BCUT2D eigenvalue weighted by Gasteiger charge is -2.24. The van der Waals surface area contributed by atoms with E-state index in [1.165, 1.54) is 11.6 Å². The zero-order valence-electron chi connectivity index (χ0n) is 19.5. The second-order valence-electron chi connectivity index (χ2n) is 9.15. The summed E-state index contributed by atoms with van der Waals surface area (Å²) in [6.45, 7) is 2.37. The summed E-state index contributed by atoms with van der Waals surface area (Å²) in [7, 11) is 0. The minimum atomic E-state index is -4.69. The number of unbranched alkanes of at least 4 members (excludes halogenated alkanes) is 1. The summed E-state index contributed by atoms with van der Waals surface area (Å²) in [5, 5.41) is 15.6. The maximum atomic E-state index is 12.9. The van der Waals surface area contributed by atoms with Crippen molar-refractivity contribution in [1.82, 2.24) is 19.9 Å². The highest BCUT2D eigenvalue weighted by atomic mass is 19.4. The number of nitrogens with zero attached hydrogens (tertiary/aromatic N) is 4. The monoisotopic (exact) mass is 492 g/mol. The zero-order chi connectivity index (χ0) is 24.8. The summed E-state index contributed by atoms with van der Waals surface area (Å²) in [4.78, 5) is 25.4. The van der Waals surface area contributed by atoms with E-state index >= 15 is 0 Å². The fourth-order valence-corrected chi connectivity index (χ4v) is 4.35. The summed E-state index contributed by atoms with van der Waals surface area (Å²) >= 11 is 0. The average Bonchev–Trinajstić information content (AvgIpc) is 3.67. The van der Waals surface area contributed by atoms with Crippen LogP contribution in [0.1, 0.15) is 55.6 Å². The van der Waals surface area contributed by atoms with Crippen LogP contribution < -0.4 is 10.6 Å². The molecule has 0 bridgehead atoms. The lowest BCUT2D eigenvalue weighted by Crippen LogP contribution is -2.36. The molecule has 0 spiro atoms. The van der Waals surface area contributed by atoms with Gasteiger partial charge < -0.3 is 20.6 Å². The highest BCUT2D eigenvalue weighted by Gasteiger charge is 2.35. The summed E-state index contributed by atoms with van der Waals surface area (Å²) in [6.07, 6.45) is 3.76. The predicted octanol–water partition coefficient (Wildman–Crippen LogP) is 3.99. The molecule has 1 aliphatic heterocycles. The first-order valence-corrected chi connectivity index (χ1v) is 12.2. The minimum Gasteiger partial charge on any atom is -0.480 e. The molecule has 35 heavy (non-hydrogen) atoms. The van der Waals surface area contributed by atoms with Crippen molar-refractivity contribution < 1.29 is 23.1 Å². The number of hydrogen-bond acceptors (Lipinski definition) is 7. The quantitative estimate of drug-likeness (QED) is 0.382. The Morgan fingerprint density at radius 3 is 2.77 bits per heavy atom. The first-order chi connectivity index (χ1) is 16.8. The van der Waals surface area contributed by atoms with Gasteiger partial charge in [0, 0.05) is 31.0 Å². The number of carboxylic acid groups (broad SMARTS) is 1. The van der Waals surface area contributed by atoms with E-state index in [9.17, 15) is 23.1 Å². The normalized spacial score (nSPS) is 16.5. The minimum absolute atomic E-state index is 0.148. The molecule has 1 unspecified atom stereocenters. The van der Waals surface area contributed by atoms with Gasteiger partial charge in [-0.25, -0.2) is 19.7 Å². The van der Waals surface area contributed by atoms with Crippen LogP contribution in [0.2, 0.25) is 0 Å². The maximum Gasteiger partial charge on any atom is 0.451 e. The van der Waals surface area contributed by atoms with Crippen LogP contribution in [0.3, 0.4) is 0 Å². The van der Waals surface area contributed by atoms with Gasteiger partial charge in [0.15, 0.2) is 0 Å². The first kappa shape index (κ1) is 25.2. The molecule has 3 N–H and O–H groups in total. The van der Waals surface area contributed by atoms with Gasteiger partial charge in [-0.05, 0) is 75.6 Å². The van der Waals surface area contributed by atoms with Gasteiger partial charge in [0.1, 0.15) is 17.7 Å². The third kappa shape index (κ3) is 7.27. The average molecular weight is 493 g/mol. The Labute approximate surface area is 202 Å². The van der Waals surface area contributed by atoms with Crippen molar-refractivity contribution in [2.24, 2.45) is 0 Å². The van der Waals surface area contributed by atoms with Crippen LogP contribution >= 0.6 is 0 Å². The molecule has 3 heterocycles. The van der Waals surface area contributed by atoms with Gasteiger partial charge in [-0.1, -0.05) is 6.07 Å². The maximum absolute atomic E-state index is 12.9. The number of aryl methyl sites for hydroxylation is 2. The number of carbonyl (C=O) groups is 1. The lowest BCUT2D eigenvalue weighted by molar-refractivity contribution is -0.144. The van der Waals surface area contributed by atoms with E-state index in [2.05, 4.69) is 37.6 Å². The summed E-state index contributed by atoms with van der Waals surface area (Å²) in [5.74, 6) is -1.56.